The zero-order valence-corrected chi connectivity index (χ0v) is 10.4. The minimum atomic E-state index is -4.21. The van der Waals surface area contributed by atoms with Crippen LogP contribution < -0.4 is 5.32 Å². The van der Waals surface area contributed by atoms with Crippen molar-refractivity contribution in [3.63, 3.8) is 0 Å². The largest absolute Gasteiger partial charge is 0.411 e. The van der Waals surface area contributed by atoms with Crippen LogP contribution in [0, 0.1) is 5.92 Å². The van der Waals surface area contributed by atoms with E-state index in [0.29, 0.717) is 18.5 Å². The lowest BCUT2D eigenvalue weighted by molar-refractivity contribution is -0.173. The van der Waals surface area contributed by atoms with Crippen molar-refractivity contribution in [1.82, 2.24) is 5.32 Å². The first-order valence-corrected chi connectivity index (χ1v) is 6.37. The van der Waals surface area contributed by atoms with Crippen molar-refractivity contribution in [2.24, 2.45) is 5.92 Å². The molecule has 0 bridgehead atoms. The van der Waals surface area contributed by atoms with Crippen molar-refractivity contribution in [3.8, 4) is 0 Å². The summed E-state index contributed by atoms with van der Waals surface area (Å²) in [6.45, 7) is 1.58. The lowest BCUT2D eigenvalue weighted by Crippen LogP contribution is -2.37. The Hall–Kier alpha value is -0.290. The number of ether oxygens (including phenoxy) is 1. The van der Waals surface area contributed by atoms with Gasteiger partial charge in [-0.05, 0) is 25.7 Å². The van der Waals surface area contributed by atoms with Crippen molar-refractivity contribution in [2.75, 3.05) is 19.8 Å². The van der Waals surface area contributed by atoms with Gasteiger partial charge in [0, 0.05) is 12.6 Å². The third-order valence-electron chi connectivity index (χ3n) is 3.34. The normalized spacial score (nSPS) is 20.5. The predicted molar refractivity (Wildman–Crippen MR) is 60.9 cm³/mol. The quantitative estimate of drug-likeness (QED) is 0.734. The van der Waals surface area contributed by atoms with Crippen molar-refractivity contribution < 1.29 is 17.9 Å². The van der Waals surface area contributed by atoms with Crippen LogP contribution in [-0.4, -0.2) is 32.0 Å². The molecule has 0 aliphatic heterocycles. The summed E-state index contributed by atoms with van der Waals surface area (Å²) in [7, 11) is 0. The molecule has 1 aliphatic rings. The van der Waals surface area contributed by atoms with Crippen LogP contribution in [0.5, 0.6) is 0 Å². The van der Waals surface area contributed by atoms with Crippen LogP contribution in [0.25, 0.3) is 0 Å². The summed E-state index contributed by atoms with van der Waals surface area (Å²) < 4.78 is 39.9. The molecule has 17 heavy (non-hydrogen) atoms. The molecule has 0 heterocycles. The van der Waals surface area contributed by atoms with Crippen LogP contribution in [0.1, 0.15) is 39.0 Å². The maximum Gasteiger partial charge on any atom is 0.411 e. The standard InChI is InChI=1S/C12H22F3NO/c1-10(11-5-3-2-4-6-11)16-7-8-17-9-12(13,14)15/h10-11,16H,2-9H2,1H3/t10-/m1/s1. The molecule has 0 spiro atoms. The third kappa shape index (κ3) is 6.88. The molecule has 1 fully saturated rings. The second-order valence-electron chi connectivity index (χ2n) is 4.81. The van der Waals surface area contributed by atoms with E-state index in [1.54, 1.807) is 0 Å². The molecular weight excluding hydrogens is 231 g/mol. The molecule has 0 radical (unpaired) electrons. The summed E-state index contributed by atoms with van der Waals surface area (Å²) in [5.41, 5.74) is 0. The number of hydrogen-bond donors (Lipinski definition) is 1. The Morgan fingerprint density at radius 1 is 1.24 bits per heavy atom. The van der Waals surface area contributed by atoms with E-state index in [1.807, 2.05) is 0 Å². The number of alkyl halides is 3. The third-order valence-corrected chi connectivity index (χ3v) is 3.34. The van der Waals surface area contributed by atoms with Crippen LogP contribution in [0.3, 0.4) is 0 Å². The second-order valence-corrected chi connectivity index (χ2v) is 4.81. The fourth-order valence-corrected chi connectivity index (χ4v) is 2.35. The van der Waals surface area contributed by atoms with Gasteiger partial charge in [-0.15, -0.1) is 0 Å². The highest BCUT2D eigenvalue weighted by atomic mass is 19.4. The van der Waals surface area contributed by atoms with E-state index in [4.69, 9.17) is 0 Å². The van der Waals surface area contributed by atoms with Gasteiger partial charge >= 0.3 is 6.18 Å². The zero-order chi connectivity index (χ0) is 12.7. The van der Waals surface area contributed by atoms with Gasteiger partial charge in [0.2, 0.25) is 0 Å². The molecule has 5 heteroatoms. The Morgan fingerprint density at radius 3 is 2.47 bits per heavy atom. The van der Waals surface area contributed by atoms with Crippen LogP contribution in [0.2, 0.25) is 0 Å². The summed E-state index contributed by atoms with van der Waals surface area (Å²) in [5.74, 6) is 0.673. The first kappa shape index (κ1) is 14.8. The minimum absolute atomic E-state index is 0.122. The first-order chi connectivity index (χ1) is 7.99. The molecule has 0 amide bonds. The smallest absolute Gasteiger partial charge is 0.371 e. The number of nitrogens with one attached hydrogen (secondary N) is 1. The van der Waals surface area contributed by atoms with Crippen molar-refractivity contribution >= 4 is 0 Å². The molecule has 0 aromatic rings. The van der Waals surface area contributed by atoms with Crippen molar-refractivity contribution in [2.45, 2.75) is 51.2 Å². The Labute approximate surface area is 101 Å². The van der Waals surface area contributed by atoms with Gasteiger partial charge in [0.25, 0.3) is 0 Å². The summed E-state index contributed by atoms with van der Waals surface area (Å²) in [6.07, 6.45) is 2.13. The van der Waals surface area contributed by atoms with Gasteiger partial charge in [-0.1, -0.05) is 19.3 Å². The molecule has 1 saturated carbocycles. The minimum Gasteiger partial charge on any atom is -0.371 e. The number of halogens is 3. The average Bonchev–Trinajstić information content (AvgIpc) is 2.28. The molecule has 1 rings (SSSR count). The Kier molecular flexibility index (Phi) is 6.27. The lowest BCUT2D eigenvalue weighted by atomic mass is 9.84. The van der Waals surface area contributed by atoms with Crippen LogP contribution in [0.15, 0.2) is 0 Å². The highest BCUT2D eigenvalue weighted by Gasteiger charge is 2.27. The van der Waals surface area contributed by atoms with Gasteiger partial charge in [-0.3, -0.25) is 0 Å². The van der Waals surface area contributed by atoms with Gasteiger partial charge in [0.1, 0.15) is 6.61 Å². The fraction of sp³-hybridized carbons (Fsp3) is 1.00. The van der Waals surface area contributed by atoms with Crippen LogP contribution in [-0.2, 0) is 4.74 Å². The van der Waals surface area contributed by atoms with Gasteiger partial charge < -0.3 is 10.1 Å². The van der Waals surface area contributed by atoms with E-state index >= 15 is 0 Å². The van der Waals surface area contributed by atoms with Gasteiger partial charge in [-0.25, -0.2) is 0 Å². The van der Waals surface area contributed by atoms with Crippen LogP contribution in [0.4, 0.5) is 13.2 Å². The summed E-state index contributed by atoms with van der Waals surface area (Å²) in [5, 5.41) is 3.25. The van der Waals surface area contributed by atoms with E-state index in [0.717, 1.165) is 0 Å². The lowest BCUT2D eigenvalue weighted by Gasteiger charge is -2.28. The Bertz CT molecular complexity index is 202. The Balaban J connectivity index is 2.01. The van der Waals surface area contributed by atoms with Crippen molar-refractivity contribution in [3.05, 3.63) is 0 Å². The molecule has 102 valence electrons. The number of hydrogen-bond acceptors (Lipinski definition) is 2. The van der Waals surface area contributed by atoms with Gasteiger partial charge in [0.05, 0.1) is 6.61 Å². The Morgan fingerprint density at radius 2 is 1.88 bits per heavy atom. The van der Waals surface area contributed by atoms with Gasteiger partial charge in [0.15, 0.2) is 0 Å². The molecule has 1 atom stereocenters. The molecule has 2 nitrogen and oxygen atoms in total. The fourth-order valence-electron chi connectivity index (χ4n) is 2.35. The molecule has 0 aromatic heterocycles. The van der Waals surface area contributed by atoms with E-state index in [1.165, 1.54) is 32.1 Å². The van der Waals surface area contributed by atoms with E-state index in [2.05, 4.69) is 17.0 Å². The molecule has 1 N–H and O–H groups in total. The van der Waals surface area contributed by atoms with E-state index in [-0.39, 0.29) is 6.61 Å². The predicted octanol–water partition coefficient (Wildman–Crippen LogP) is 3.12. The molecule has 0 unspecified atom stereocenters. The zero-order valence-electron chi connectivity index (χ0n) is 10.4. The topological polar surface area (TPSA) is 21.3 Å². The average molecular weight is 253 g/mol. The van der Waals surface area contributed by atoms with E-state index < -0.39 is 12.8 Å². The van der Waals surface area contributed by atoms with E-state index in [9.17, 15) is 13.2 Å². The maximum atomic E-state index is 11.8. The molecule has 0 aromatic carbocycles. The van der Waals surface area contributed by atoms with Crippen LogP contribution >= 0.6 is 0 Å². The summed E-state index contributed by atoms with van der Waals surface area (Å²) in [6, 6.07) is 0.379. The van der Waals surface area contributed by atoms with Crippen molar-refractivity contribution in [1.29, 1.82) is 0 Å². The summed E-state index contributed by atoms with van der Waals surface area (Å²) in [4.78, 5) is 0. The molecule has 0 saturated heterocycles. The molecular formula is C12H22F3NO. The SMILES string of the molecule is C[C@@H](NCCOCC(F)(F)F)C1CCCCC1. The first-order valence-electron chi connectivity index (χ1n) is 6.37. The summed E-state index contributed by atoms with van der Waals surface area (Å²) >= 11 is 0. The highest BCUT2D eigenvalue weighted by Crippen LogP contribution is 2.26. The molecule has 1 aliphatic carbocycles. The second kappa shape index (κ2) is 7.21. The van der Waals surface area contributed by atoms with Gasteiger partial charge in [-0.2, -0.15) is 13.2 Å². The maximum absolute atomic E-state index is 11.8. The monoisotopic (exact) mass is 253 g/mol. The highest BCUT2D eigenvalue weighted by molar-refractivity contribution is 4.75. The number of rotatable bonds is 6.